The number of H-pyrrole nitrogens is 1. The Morgan fingerprint density at radius 1 is 1.29 bits per heavy atom. The van der Waals surface area contributed by atoms with Gasteiger partial charge in [-0.05, 0) is 5.56 Å². The second-order valence-corrected chi connectivity index (χ2v) is 2.98. The number of nitrogens with two attached hydrogens (primary N) is 1. The van der Waals surface area contributed by atoms with Crippen LogP contribution < -0.4 is 11.3 Å². The van der Waals surface area contributed by atoms with Crippen LogP contribution in [-0.2, 0) is 0 Å². The first kappa shape index (κ1) is 8.93. The molecular formula is C10H12N4. The van der Waals surface area contributed by atoms with Gasteiger partial charge in [0.2, 0.25) is 0 Å². The molecule has 4 N–H and O–H groups in total. The third-order valence-corrected chi connectivity index (χ3v) is 2.09. The third kappa shape index (κ3) is 1.66. The fraction of sp³-hybridized carbons (Fsp3) is 0.100. The molecule has 0 aliphatic heterocycles. The number of aromatic amines is 1. The molecule has 4 heteroatoms. The summed E-state index contributed by atoms with van der Waals surface area (Å²) in [7, 11) is 0. The fourth-order valence-corrected chi connectivity index (χ4v) is 1.41. The van der Waals surface area contributed by atoms with Crippen molar-refractivity contribution in [1.29, 1.82) is 0 Å². The predicted molar refractivity (Wildman–Crippen MR) is 54.2 cm³/mol. The van der Waals surface area contributed by atoms with Crippen LogP contribution in [0.2, 0.25) is 0 Å². The van der Waals surface area contributed by atoms with Crippen molar-refractivity contribution in [2.45, 2.75) is 6.04 Å². The highest BCUT2D eigenvalue weighted by atomic mass is 15.2. The summed E-state index contributed by atoms with van der Waals surface area (Å²) in [6.07, 6.45) is 3.49. The maximum atomic E-state index is 5.49. The number of rotatable bonds is 3. The smallest absolute Gasteiger partial charge is 0.129 e. The van der Waals surface area contributed by atoms with Crippen LogP contribution in [0.4, 0.5) is 0 Å². The molecule has 1 aromatic heterocycles. The molecule has 0 spiro atoms. The standard InChI is InChI=1S/C10H12N4/c11-14-9(10-12-6-7-13-10)8-4-2-1-3-5-8/h1-7,9,14H,11H2,(H,12,13). The van der Waals surface area contributed by atoms with Gasteiger partial charge in [0, 0.05) is 12.4 Å². The van der Waals surface area contributed by atoms with Crippen LogP contribution in [0.25, 0.3) is 0 Å². The first-order valence-electron chi connectivity index (χ1n) is 4.42. The van der Waals surface area contributed by atoms with Crippen molar-refractivity contribution in [3.63, 3.8) is 0 Å². The average molecular weight is 188 g/mol. The zero-order valence-corrected chi connectivity index (χ0v) is 7.64. The fourth-order valence-electron chi connectivity index (χ4n) is 1.41. The summed E-state index contributed by atoms with van der Waals surface area (Å²) in [6.45, 7) is 0. The molecule has 2 aromatic rings. The van der Waals surface area contributed by atoms with Gasteiger partial charge in [0.15, 0.2) is 0 Å². The summed E-state index contributed by atoms with van der Waals surface area (Å²) in [4.78, 5) is 7.20. The maximum absolute atomic E-state index is 5.49. The van der Waals surface area contributed by atoms with Gasteiger partial charge in [-0.25, -0.2) is 10.4 Å². The van der Waals surface area contributed by atoms with E-state index in [0.29, 0.717) is 0 Å². The lowest BCUT2D eigenvalue weighted by atomic mass is 10.1. The minimum absolute atomic E-state index is 0.0776. The highest BCUT2D eigenvalue weighted by molar-refractivity contribution is 5.24. The van der Waals surface area contributed by atoms with E-state index in [2.05, 4.69) is 15.4 Å². The van der Waals surface area contributed by atoms with E-state index in [1.54, 1.807) is 12.4 Å². The van der Waals surface area contributed by atoms with Gasteiger partial charge in [0.1, 0.15) is 11.9 Å². The highest BCUT2D eigenvalue weighted by Gasteiger charge is 2.13. The Kier molecular flexibility index (Phi) is 2.58. The average Bonchev–Trinajstić information content (AvgIpc) is 2.74. The topological polar surface area (TPSA) is 66.7 Å². The van der Waals surface area contributed by atoms with Crippen molar-refractivity contribution < 1.29 is 0 Å². The molecule has 0 fully saturated rings. The molecule has 72 valence electrons. The van der Waals surface area contributed by atoms with Gasteiger partial charge in [-0.2, -0.15) is 0 Å². The van der Waals surface area contributed by atoms with E-state index in [1.807, 2.05) is 30.3 Å². The summed E-state index contributed by atoms with van der Waals surface area (Å²) >= 11 is 0. The van der Waals surface area contributed by atoms with Crippen LogP contribution in [0.3, 0.4) is 0 Å². The molecule has 0 radical (unpaired) electrons. The molecule has 0 aliphatic carbocycles. The second kappa shape index (κ2) is 4.04. The first-order chi connectivity index (χ1) is 6.92. The summed E-state index contributed by atoms with van der Waals surface area (Å²) in [5.74, 6) is 6.30. The number of nitrogens with zero attached hydrogens (tertiary/aromatic N) is 1. The van der Waals surface area contributed by atoms with Crippen molar-refractivity contribution in [3.8, 4) is 0 Å². The van der Waals surface area contributed by atoms with Gasteiger partial charge >= 0.3 is 0 Å². The highest BCUT2D eigenvalue weighted by Crippen LogP contribution is 2.16. The van der Waals surface area contributed by atoms with E-state index in [4.69, 9.17) is 5.84 Å². The zero-order valence-electron chi connectivity index (χ0n) is 7.64. The quantitative estimate of drug-likeness (QED) is 0.496. The molecule has 1 heterocycles. The van der Waals surface area contributed by atoms with Gasteiger partial charge in [-0.15, -0.1) is 0 Å². The number of imidazole rings is 1. The first-order valence-corrected chi connectivity index (χ1v) is 4.42. The van der Waals surface area contributed by atoms with E-state index in [-0.39, 0.29) is 6.04 Å². The molecule has 0 saturated heterocycles. The Balaban J connectivity index is 2.31. The van der Waals surface area contributed by atoms with E-state index in [9.17, 15) is 0 Å². The SMILES string of the molecule is NNC(c1ccccc1)c1ncc[nH]1. The van der Waals surface area contributed by atoms with Gasteiger partial charge in [-0.1, -0.05) is 30.3 Å². The van der Waals surface area contributed by atoms with Crippen molar-refractivity contribution >= 4 is 0 Å². The largest absolute Gasteiger partial charge is 0.347 e. The number of hydrogen-bond acceptors (Lipinski definition) is 3. The molecule has 0 aliphatic rings. The van der Waals surface area contributed by atoms with E-state index < -0.39 is 0 Å². The summed E-state index contributed by atoms with van der Waals surface area (Å²) in [5.41, 5.74) is 3.81. The normalized spacial score (nSPS) is 12.6. The number of hydrazine groups is 1. The van der Waals surface area contributed by atoms with Crippen LogP contribution >= 0.6 is 0 Å². The predicted octanol–water partition coefficient (Wildman–Crippen LogP) is 0.962. The molecule has 0 amide bonds. The minimum Gasteiger partial charge on any atom is -0.347 e. The molecule has 4 nitrogen and oxygen atoms in total. The number of hydrogen-bond donors (Lipinski definition) is 3. The van der Waals surface area contributed by atoms with E-state index >= 15 is 0 Å². The summed E-state index contributed by atoms with van der Waals surface area (Å²) in [6, 6.07) is 9.86. The van der Waals surface area contributed by atoms with Crippen molar-refractivity contribution in [3.05, 3.63) is 54.1 Å². The molecule has 1 aromatic carbocycles. The lowest BCUT2D eigenvalue weighted by Crippen LogP contribution is -2.29. The molecule has 2 rings (SSSR count). The molecule has 1 atom stereocenters. The van der Waals surface area contributed by atoms with Crippen LogP contribution in [-0.4, -0.2) is 9.97 Å². The van der Waals surface area contributed by atoms with Crippen LogP contribution in [0.1, 0.15) is 17.4 Å². The Bertz CT molecular complexity index is 368. The van der Waals surface area contributed by atoms with Crippen molar-refractivity contribution in [1.82, 2.24) is 15.4 Å². The van der Waals surface area contributed by atoms with E-state index in [0.717, 1.165) is 11.4 Å². The molecule has 0 saturated carbocycles. The maximum Gasteiger partial charge on any atom is 0.129 e. The van der Waals surface area contributed by atoms with Gasteiger partial charge in [0.05, 0.1) is 0 Å². The van der Waals surface area contributed by atoms with Gasteiger partial charge < -0.3 is 4.98 Å². The van der Waals surface area contributed by atoms with Crippen molar-refractivity contribution in [2.24, 2.45) is 5.84 Å². The van der Waals surface area contributed by atoms with Crippen LogP contribution in [0.15, 0.2) is 42.7 Å². The molecule has 1 unspecified atom stereocenters. The Labute approximate surface area is 82.1 Å². The van der Waals surface area contributed by atoms with Crippen LogP contribution in [0.5, 0.6) is 0 Å². The monoisotopic (exact) mass is 188 g/mol. The lowest BCUT2D eigenvalue weighted by Gasteiger charge is -2.13. The second-order valence-electron chi connectivity index (χ2n) is 2.98. The molecule has 0 bridgehead atoms. The molecule has 14 heavy (non-hydrogen) atoms. The van der Waals surface area contributed by atoms with E-state index in [1.165, 1.54) is 0 Å². The Morgan fingerprint density at radius 2 is 2.07 bits per heavy atom. The third-order valence-electron chi connectivity index (χ3n) is 2.09. The number of nitrogens with one attached hydrogen (secondary N) is 2. The lowest BCUT2D eigenvalue weighted by molar-refractivity contribution is 0.608. The summed E-state index contributed by atoms with van der Waals surface area (Å²) in [5, 5.41) is 0. The van der Waals surface area contributed by atoms with Gasteiger partial charge in [0.25, 0.3) is 0 Å². The Morgan fingerprint density at radius 3 is 2.64 bits per heavy atom. The molecular weight excluding hydrogens is 176 g/mol. The minimum atomic E-state index is -0.0776. The van der Waals surface area contributed by atoms with Gasteiger partial charge in [-0.3, -0.25) is 5.84 Å². The van der Waals surface area contributed by atoms with Crippen LogP contribution in [0, 0.1) is 0 Å². The summed E-state index contributed by atoms with van der Waals surface area (Å²) < 4.78 is 0. The number of aromatic nitrogens is 2. The zero-order chi connectivity index (χ0) is 9.80. The Hall–Kier alpha value is -1.65. The number of benzene rings is 1. The van der Waals surface area contributed by atoms with Crippen molar-refractivity contribution in [2.75, 3.05) is 0 Å².